The molecule has 0 aromatic carbocycles. The molecule has 1 heterocycles. The van der Waals surface area contributed by atoms with Crippen molar-refractivity contribution in [3.63, 3.8) is 0 Å². The number of aliphatic hydroxyl groups is 4. The number of carbonyl (C=O) groups is 2. The summed E-state index contributed by atoms with van der Waals surface area (Å²) in [5, 5.41) is 39.8. The maximum absolute atomic E-state index is 12.7. The van der Waals surface area contributed by atoms with Crippen molar-refractivity contribution in [3.05, 3.63) is 24.3 Å². The highest BCUT2D eigenvalue weighted by Crippen LogP contribution is 2.22. The summed E-state index contributed by atoms with van der Waals surface area (Å²) in [6.07, 6.45) is 22.0. The molecule has 1 fully saturated rings. The topological polar surface area (TPSA) is 152 Å². The Bertz CT molecular complexity index is 845. The molecular weight excluding hydrogens is 616 g/mol. The summed E-state index contributed by atoms with van der Waals surface area (Å²) in [6.45, 7) is 3.32. The minimum atomic E-state index is -1.59. The zero-order valence-electron chi connectivity index (χ0n) is 30.0. The molecule has 280 valence electrons. The molecule has 10 nitrogen and oxygen atoms in total. The number of ether oxygens (including phenoxy) is 4. The van der Waals surface area contributed by atoms with Crippen LogP contribution in [-0.4, -0.2) is 89.0 Å². The molecule has 0 amide bonds. The molecule has 0 aliphatic carbocycles. The largest absolute Gasteiger partial charge is 0.462 e. The number of hydrogen-bond donors (Lipinski definition) is 4. The maximum Gasteiger partial charge on any atom is 0.306 e. The van der Waals surface area contributed by atoms with Crippen molar-refractivity contribution in [2.45, 2.75) is 185 Å². The molecular formula is C38H68O10. The van der Waals surface area contributed by atoms with Crippen LogP contribution in [0.15, 0.2) is 24.3 Å². The summed E-state index contributed by atoms with van der Waals surface area (Å²) >= 11 is 0. The summed E-state index contributed by atoms with van der Waals surface area (Å²) in [5.74, 6) is -0.828. The van der Waals surface area contributed by atoms with Gasteiger partial charge in [0.15, 0.2) is 12.4 Å². The molecule has 1 aliphatic rings. The Balaban J connectivity index is 2.41. The minimum absolute atomic E-state index is 0.216. The predicted molar refractivity (Wildman–Crippen MR) is 187 cm³/mol. The lowest BCUT2D eigenvalue weighted by Gasteiger charge is -2.39. The summed E-state index contributed by atoms with van der Waals surface area (Å²) in [5.41, 5.74) is 0. The van der Waals surface area contributed by atoms with Crippen molar-refractivity contribution < 1.29 is 49.0 Å². The Morgan fingerprint density at radius 2 is 1.17 bits per heavy atom. The number of carbonyl (C=O) groups excluding carboxylic acids is 2. The summed E-state index contributed by atoms with van der Waals surface area (Å²) < 4.78 is 22.0. The third-order valence-electron chi connectivity index (χ3n) is 8.59. The summed E-state index contributed by atoms with van der Waals surface area (Å²) in [4.78, 5) is 25.1. The molecule has 0 spiro atoms. The van der Waals surface area contributed by atoms with Gasteiger partial charge >= 0.3 is 11.9 Å². The van der Waals surface area contributed by atoms with Gasteiger partial charge in [0.05, 0.1) is 13.2 Å². The van der Waals surface area contributed by atoms with Crippen LogP contribution in [0.3, 0.4) is 0 Å². The Morgan fingerprint density at radius 3 is 1.77 bits per heavy atom. The van der Waals surface area contributed by atoms with Crippen molar-refractivity contribution in [1.29, 1.82) is 0 Å². The molecule has 4 N–H and O–H groups in total. The van der Waals surface area contributed by atoms with Gasteiger partial charge in [-0.2, -0.15) is 0 Å². The minimum Gasteiger partial charge on any atom is -0.462 e. The van der Waals surface area contributed by atoms with Crippen LogP contribution in [0, 0.1) is 0 Å². The molecule has 2 unspecified atom stereocenters. The zero-order valence-corrected chi connectivity index (χ0v) is 30.0. The smallest absolute Gasteiger partial charge is 0.306 e. The first-order chi connectivity index (χ1) is 23.3. The van der Waals surface area contributed by atoms with Crippen LogP contribution < -0.4 is 0 Å². The van der Waals surface area contributed by atoms with E-state index in [0.29, 0.717) is 6.42 Å². The molecule has 0 aromatic rings. The molecule has 10 heteroatoms. The van der Waals surface area contributed by atoms with E-state index in [1.807, 2.05) is 0 Å². The van der Waals surface area contributed by atoms with Gasteiger partial charge in [0.1, 0.15) is 31.0 Å². The Morgan fingerprint density at radius 1 is 0.646 bits per heavy atom. The molecule has 0 radical (unpaired) electrons. The molecule has 6 atom stereocenters. The third-order valence-corrected chi connectivity index (χ3v) is 8.59. The van der Waals surface area contributed by atoms with Crippen LogP contribution in [0.1, 0.15) is 149 Å². The van der Waals surface area contributed by atoms with Gasteiger partial charge in [0.25, 0.3) is 0 Å². The first-order valence-corrected chi connectivity index (χ1v) is 18.9. The first kappa shape index (κ1) is 44.2. The second-order valence-corrected chi connectivity index (χ2v) is 13.0. The van der Waals surface area contributed by atoms with E-state index in [0.717, 1.165) is 64.2 Å². The fraction of sp³-hybridized carbons (Fsp3) is 0.842. The molecule has 1 saturated heterocycles. The molecule has 0 bridgehead atoms. The Hall–Kier alpha value is -1.82. The first-order valence-electron chi connectivity index (χ1n) is 18.9. The SMILES string of the molecule is CCCCC/C=C/C/C=C/CCCCCCCC(=O)O[C@H](COC(=O)CCCCCCCCCC)CO[C@@H]1O[C@H](CO)[C@H](O)C(O)C1O. The van der Waals surface area contributed by atoms with Crippen LogP contribution in [0.2, 0.25) is 0 Å². The normalized spacial score (nSPS) is 22.0. The van der Waals surface area contributed by atoms with E-state index in [2.05, 4.69) is 38.2 Å². The van der Waals surface area contributed by atoms with E-state index >= 15 is 0 Å². The highest BCUT2D eigenvalue weighted by atomic mass is 16.7. The van der Waals surface area contributed by atoms with E-state index in [9.17, 15) is 30.0 Å². The van der Waals surface area contributed by atoms with Crippen LogP contribution in [-0.2, 0) is 28.5 Å². The average molecular weight is 685 g/mol. The average Bonchev–Trinajstić information content (AvgIpc) is 3.08. The van der Waals surface area contributed by atoms with E-state index in [4.69, 9.17) is 18.9 Å². The van der Waals surface area contributed by atoms with E-state index in [1.165, 1.54) is 51.4 Å². The van der Waals surface area contributed by atoms with E-state index < -0.39 is 49.4 Å². The highest BCUT2D eigenvalue weighted by Gasteiger charge is 2.44. The molecule has 0 saturated carbocycles. The zero-order chi connectivity index (χ0) is 35.2. The second-order valence-electron chi connectivity index (χ2n) is 13.0. The van der Waals surface area contributed by atoms with Gasteiger partial charge in [-0.05, 0) is 44.9 Å². The fourth-order valence-electron chi connectivity index (χ4n) is 5.51. The van der Waals surface area contributed by atoms with Crippen LogP contribution in [0.4, 0.5) is 0 Å². The van der Waals surface area contributed by atoms with Gasteiger partial charge in [-0.25, -0.2) is 0 Å². The van der Waals surface area contributed by atoms with Crippen LogP contribution >= 0.6 is 0 Å². The van der Waals surface area contributed by atoms with Crippen LogP contribution in [0.25, 0.3) is 0 Å². The Kier molecular flexibility index (Phi) is 27.7. The van der Waals surface area contributed by atoms with Gasteiger partial charge in [0.2, 0.25) is 0 Å². The lowest BCUT2D eigenvalue weighted by Crippen LogP contribution is -2.59. The standard InChI is InChI=1S/C38H68O10/c1-3-5-7-9-11-13-14-15-16-17-18-19-21-23-25-27-34(41)47-31(29-45-33(40)26-24-22-20-12-10-8-6-4-2)30-46-38-37(44)36(43)35(42)32(28-39)48-38/h11,13,15-16,31-32,35-39,42-44H,3-10,12,14,17-30H2,1-2H3/b13-11+,16-15+/t31-,32-,35+,36?,37?,38-/m1/s1. The predicted octanol–water partition coefficient (Wildman–Crippen LogP) is 6.60. The van der Waals surface area contributed by atoms with Gasteiger partial charge in [-0.1, -0.05) is 115 Å². The van der Waals surface area contributed by atoms with Crippen LogP contribution in [0.5, 0.6) is 0 Å². The van der Waals surface area contributed by atoms with Crippen molar-refractivity contribution in [3.8, 4) is 0 Å². The van der Waals surface area contributed by atoms with Gasteiger partial charge in [-0.15, -0.1) is 0 Å². The number of rotatable bonds is 30. The maximum atomic E-state index is 12.7. The molecule has 0 aromatic heterocycles. The number of esters is 2. The van der Waals surface area contributed by atoms with Crippen molar-refractivity contribution in [2.75, 3.05) is 19.8 Å². The summed E-state index contributed by atoms with van der Waals surface area (Å²) in [7, 11) is 0. The third kappa shape index (κ3) is 22.0. The number of hydrogen-bond acceptors (Lipinski definition) is 10. The molecule has 1 rings (SSSR count). The molecule has 48 heavy (non-hydrogen) atoms. The summed E-state index contributed by atoms with van der Waals surface area (Å²) in [6, 6.07) is 0. The van der Waals surface area contributed by atoms with Crippen molar-refractivity contribution in [1.82, 2.24) is 0 Å². The lowest BCUT2D eigenvalue weighted by molar-refractivity contribution is -0.305. The second kappa shape index (κ2) is 30.0. The van der Waals surface area contributed by atoms with E-state index in [-0.39, 0.29) is 32.0 Å². The van der Waals surface area contributed by atoms with Gasteiger partial charge < -0.3 is 39.4 Å². The number of unbranched alkanes of at least 4 members (excludes halogenated alkanes) is 15. The highest BCUT2D eigenvalue weighted by molar-refractivity contribution is 5.70. The monoisotopic (exact) mass is 684 g/mol. The Labute approximate surface area is 290 Å². The number of aliphatic hydroxyl groups excluding tert-OH is 4. The lowest BCUT2D eigenvalue weighted by atomic mass is 9.99. The van der Waals surface area contributed by atoms with Crippen molar-refractivity contribution in [2.24, 2.45) is 0 Å². The van der Waals surface area contributed by atoms with Gasteiger partial charge in [0, 0.05) is 12.8 Å². The molecule has 1 aliphatic heterocycles. The quantitative estimate of drug-likeness (QED) is 0.0370. The van der Waals surface area contributed by atoms with E-state index in [1.54, 1.807) is 0 Å². The van der Waals surface area contributed by atoms with Crippen molar-refractivity contribution >= 4 is 11.9 Å². The fourth-order valence-corrected chi connectivity index (χ4v) is 5.51. The number of allylic oxidation sites excluding steroid dienone is 4. The van der Waals surface area contributed by atoms with Gasteiger partial charge in [-0.3, -0.25) is 9.59 Å².